The van der Waals surface area contributed by atoms with E-state index in [1.54, 1.807) is 12.3 Å². The molecule has 0 saturated heterocycles. The van der Waals surface area contributed by atoms with Gasteiger partial charge in [-0.15, -0.1) is 0 Å². The van der Waals surface area contributed by atoms with Crippen LogP contribution in [0.4, 0.5) is 41.1 Å². The Morgan fingerprint density at radius 3 is 2.48 bits per heavy atom. The maximum absolute atomic E-state index is 13.0. The zero-order valence-electron chi connectivity index (χ0n) is 16.5. The van der Waals surface area contributed by atoms with E-state index in [0.29, 0.717) is 24.0 Å². The minimum absolute atomic E-state index is 0.159. The lowest BCUT2D eigenvalue weighted by molar-refractivity contribution is -0.136. The molecule has 1 aromatic carbocycles. The molecule has 0 aliphatic rings. The second-order valence-corrected chi connectivity index (χ2v) is 6.48. The predicted molar refractivity (Wildman–Crippen MR) is 111 cm³/mol. The number of para-hydroxylation sites is 1. The van der Waals surface area contributed by atoms with Crippen LogP contribution in [-0.4, -0.2) is 34.1 Å². The van der Waals surface area contributed by atoms with Crippen molar-refractivity contribution in [3.63, 3.8) is 0 Å². The van der Waals surface area contributed by atoms with Crippen LogP contribution in [0.1, 0.15) is 11.1 Å². The zero-order chi connectivity index (χ0) is 22.3. The van der Waals surface area contributed by atoms with Crippen molar-refractivity contribution in [1.29, 1.82) is 0 Å². The summed E-state index contributed by atoms with van der Waals surface area (Å²) in [7, 11) is 0. The predicted octanol–water partition coefficient (Wildman–Crippen LogP) is 4.18. The summed E-state index contributed by atoms with van der Waals surface area (Å²) in [4.78, 5) is 24.3. The zero-order valence-corrected chi connectivity index (χ0v) is 16.5. The third-order valence-corrected chi connectivity index (χ3v) is 4.04. The van der Waals surface area contributed by atoms with E-state index in [1.807, 2.05) is 19.1 Å². The molecule has 0 spiro atoms. The first-order chi connectivity index (χ1) is 14.8. The van der Waals surface area contributed by atoms with Crippen LogP contribution in [0, 0.1) is 6.92 Å². The van der Waals surface area contributed by atoms with Crippen LogP contribution in [0.3, 0.4) is 0 Å². The largest absolute Gasteiger partial charge is 0.418 e. The molecule has 3 rings (SSSR count). The SMILES string of the molecule is Cc1ccnc(Nc2cc(NCCNC(=O)Nc3ccccc3C(F)(F)F)ncn2)c1. The number of alkyl halides is 3. The summed E-state index contributed by atoms with van der Waals surface area (Å²) in [6, 6.07) is 9.45. The van der Waals surface area contributed by atoms with Gasteiger partial charge in [0.1, 0.15) is 23.8 Å². The number of aryl methyl sites for hydroxylation is 1. The Morgan fingerprint density at radius 1 is 0.968 bits per heavy atom. The van der Waals surface area contributed by atoms with Crippen molar-refractivity contribution in [3.05, 3.63) is 66.1 Å². The molecule has 2 aromatic heterocycles. The number of carbonyl (C=O) groups excluding carboxylic acids is 1. The average molecular weight is 431 g/mol. The average Bonchev–Trinajstić information content (AvgIpc) is 2.71. The number of benzene rings is 1. The summed E-state index contributed by atoms with van der Waals surface area (Å²) in [5.41, 5.74) is -0.170. The Kier molecular flexibility index (Phi) is 6.85. The molecule has 0 unspecified atom stereocenters. The number of rotatable bonds is 7. The van der Waals surface area contributed by atoms with Crippen molar-refractivity contribution in [2.24, 2.45) is 0 Å². The number of urea groups is 1. The van der Waals surface area contributed by atoms with E-state index in [9.17, 15) is 18.0 Å². The minimum Gasteiger partial charge on any atom is -0.368 e. The van der Waals surface area contributed by atoms with E-state index in [0.717, 1.165) is 11.6 Å². The first-order valence-electron chi connectivity index (χ1n) is 9.28. The summed E-state index contributed by atoms with van der Waals surface area (Å²) in [5, 5.41) is 10.8. The molecule has 8 nitrogen and oxygen atoms in total. The summed E-state index contributed by atoms with van der Waals surface area (Å²) in [6.07, 6.45) is -1.51. The number of hydrogen-bond donors (Lipinski definition) is 4. The number of carbonyl (C=O) groups is 1. The number of aromatic nitrogens is 3. The lowest BCUT2D eigenvalue weighted by atomic mass is 10.1. The van der Waals surface area contributed by atoms with Crippen LogP contribution in [0.5, 0.6) is 0 Å². The van der Waals surface area contributed by atoms with Crippen molar-refractivity contribution in [3.8, 4) is 0 Å². The van der Waals surface area contributed by atoms with Gasteiger partial charge in [0.05, 0.1) is 11.3 Å². The van der Waals surface area contributed by atoms with E-state index < -0.39 is 17.8 Å². The molecule has 2 heterocycles. The number of hydrogen-bond acceptors (Lipinski definition) is 6. The molecule has 31 heavy (non-hydrogen) atoms. The van der Waals surface area contributed by atoms with Gasteiger partial charge in [0.15, 0.2) is 0 Å². The molecule has 11 heteroatoms. The van der Waals surface area contributed by atoms with Crippen LogP contribution < -0.4 is 21.3 Å². The third-order valence-electron chi connectivity index (χ3n) is 4.04. The molecule has 0 bridgehead atoms. The summed E-state index contributed by atoms with van der Waals surface area (Å²) in [6.45, 7) is 2.41. The molecule has 0 radical (unpaired) electrons. The highest BCUT2D eigenvalue weighted by atomic mass is 19.4. The molecular weight excluding hydrogens is 411 g/mol. The van der Waals surface area contributed by atoms with Gasteiger partial charge in [0, 0.05) is 25.4 Å². The van der Waals surface area contributed by atoms with Crippen molar-refractivity contribution in [2.75, 3.05) is 29.0 Å². The maximum atomic E-state index is 13.0. The van der Waals surface area contributed by atoms with E-state index in [1.165, 1.54) is 24.5 Å². The smallest absolute Gasteiger partial charge is 0.368 e. The summed E-state index contributed by atoms with van der Waals surface area (Å²) >= 11 is 0. The molecule has 0 atom stereocenters. The van der Waals surface area contributed by atoms with Crippen molar-refractivity contribution >= 4 is 29.2 Å². The number of nitrogens with zero attached hydrogens (tertiary/aromatic N) is 3. The van der Waals surface area contributed by atoms with Gasteiger partial charge in [-0.3, -0.25) is 0 Å². The van der Waals surface area contributed by atoms with Gasteiger partial charge in [-0.2, -0.15) is 13.2 Å². The molecule has 0 fully saturated rings. The fourth-order valence-electron chi connectivity index (χ4n) is 2.63. The normalized spacial score (nSPS) is 11.0. The quantitative estimate of drug-likeness (QED) is 0.419. The number of nitrogens with one attached hydrogen (secondary N) is 4. The Bertz CT molecular complexity index is 1040. The number of pyridine rings is 1. The van der Waals surface area contributed by atoms with Crippen molar-refractivity contribution in [1.82, 2.24) is 20.3 Å². The van der Waals surface area contributed by atoms with E-state index in [4.69, 9.17) is 0 Å². The summed E-state index contributed by atoms with van der Waals surface area (Å²) < 4.78 is 38.9. The maximum Gasteiger partial charge on any atom is 0.418 e. The first-order valence-corrected chi connectivity index (χ1v) is 9.28. The van der Waals surface area contributed by atoms with Gasteiger partial charge in [-0.05, 0) is 36.8 Å². The molecular formula is C20H20F3N7O. The second-order valence-electron chi connectivity index (χ2n) is 6.48. The van der Waals surface area contributed by atoms with Crippen LogP contribution >= 0.6 is 0 Å². The van der Waals surface area contributed by atoms with Gasteiger partial charge < -0.3 is 21.3 Å². The van der Waals surface area contributed by atoms with E-state index in [-0.39, 0.29) is 12.2 Å². The molecule has 3 aromatic rings. The second kappa shape index (κ2) is 9.74. The molecule has 162 valence electrons. The standard InChI is InChI=1S/C20H20F3N7O/c1-13-6-7-24-17(10-13)30-18-11-16(27-12-28-18)25-8-9-26-19(31)29-15-5-3-2-4-14(15)20(21,22)23/h2-7,10-12H,8-9H2,1H3,(H2,26,29,31)(H2,24,25,27,28,30). The highest BCUT2D eigenvalue weighted by Gasteiger charge is 2.33. The monoisotopic (exact) mass is 431 g/mol. The minimum atomic E-state index is -4.56. The Balaban J connectivity index is 1.47. The van der Waals surface area contributed by atoms with E-state index in [2.05, 4.69) is 36.2 Å². The number of halogens is 3. The van der Waals surface area contributed by atoms with Gasteiger partial charge in [0.25, 0.3) is 0 Å². The van der Waals surface area contributed by atoms with Gasteiger partial charge in [-0.25, -0.2) is 19.7 Å². The van der Waals surface area contributed by atoms with Crippen molar-refractivity contribution < 1.29 is 18.0 Å². The van der Waals surface area contributed by atoms with Crippen LogP contribution in [0.15, 0.2) is 55.0 Å². The first kappa shape index (κ1) is 21.8. The lowest BCUT2D eigenvalue weighted by Crippen LogP contribution is -2.33. The lowest BCUT2D eigenvalue weighted by Gasteiger charge is -2.14. The summed E-state index contributed by atoms with van der Waals surface area (Å²) in [5.74, 6) is 1.68. The highest BCUT2D eigenvalue weighted by Crippen LogP contribution is 2.34. The molecule has 0 aliphatic heterocycles. The molecule has 0 saturated carbocycles. The number of anilines is 4. The Morgan fingerprint density at radius 2 is 1.71 bits per heavy atom. The van der Waals surface area contributed by atoms with E-state index >= 15 is 0 Å². The van der Waals surface area contributed by atoms with Gasteiger partial charge >= 0.3 is 12.2 Å². The third kappa shape index (κ3) is 6.56. The van der Waals surface area contributed by atoms with Crippen molar-refractivity contribution in [2.45, 2.75) is 13.1 Å². The Hall–Kier alpha value is -3.89. The van der Waals surface area contributed by atoms with Gasteiger partial charge in [-0.1, -0.05) is 12.1 Å². The van der Waals surface area contributed by atoms with Crippen LogP contribution in [-0.2, 0) is 6.18 Å². The van der Waals surface area contributed by atoms with Crippen LogP contribution in [0.2, 0.25) is 0 Å². The van der Waals surface area contributed by atoms with Crippen LogP contribution in [0.25, 0.3) is 0 Å². The molecule has 0 aliphatic carbocycles. The topological polar surface area (TPSA) is 104 Å². The number of amides is 2. The van der Waals surface area contributed by atoms with Gasteiger partial charge in [0.2, 0.25) is 0 Å². The highest BCUT2D eigenvalue weighted by molar-refractivity contribution is 5.90. The Labute approximate surface area is 176 Å². The molecule has 4 N–H and O–H groups in total. The molecule has 2 amide bonds. The fourth-order valence-corrected chi connectivity index (χ4v) is 2.63. The fraction of sp³-hybridized carbons (Fsp3) is 0.200.